The Kier molecular flexibility index (Phi) is 9.41. The molecule has 0 radical (unpaired) electrons. The zero-order valence-corrected chi connectivity index (χ0v) is 17.0. The van der Waals surface area contributed by atoms with Crippen molar-refractivity contribution >= 4 is 51.7 Å². The summed E-state index contributed by atoms with van der Waals surface area (Å²) in [6, 6.07) is 0. The maximum absolute atomic E-state index is 11.7. The standard InChI is InChI=1S/C13H26N4O2S2.HI/c1-2-14-13(16-11-12-5-3-9-20-12)15-6-8-17-7-4-10-21(17,18)19;/h12H,2-11H2,1H3,(H2,14,15,16);1H. The number of thioether (sulfide) groups is 1. The molecule has 2 saturated heterocycles. The predicted molar refractivity (Wildman–Crippen MR) is 105 cm³/mol. The van der Waals surface area contributed by atoms with E-state index in [4.69, 9.17) is 0 Å². The van der Waals surface area contributed by atoms with Crippen molar-refractivity contribution in [1.29, 1.82) is 0 Å². The van der Waals surface area contributed by atoms with Crippen LogP contribution in [0.1, 0.15) is 26.2 Å². The highest BCUT2D eigenvalue weighted by atomic mass is 127. The minimum Gasteiger partial charge on any atom is -0.357 e. The number of halogens is 1. The number of sulfonamides is 1. The fraction of sp³-hybridized carbons (Fsp3) is 0.923. The van der Waals surface area contributed by atoms with E-state index < -0.39 is 10.0 Å². The Morgan fingerprint density at radius 1 is 1.36 bits per heavy atom. The van der Waals surface area contributed by atoms with Crippen molar-refractivity contribution in [1.82, 2.24) is 14.9 Å². The number of hydrogen-bond donors (Lipinski definition) is 2. The zero-order valence-electron chi connectivity index (χ0n) is 13.1. The Labute approximate surface area is 155 Å². The van der Waals surface area contributed by atoms with E-state index in [2.05, 4.69) is 15.6 Å². The van der Waals surface area contributed by atoms with E-state index in [1.165, 1.54) is 18.6 Å². The van der Waals surface area contributed by atoms with Crippen molar-refractivity contribution in [2.24, 2.45) is 4.99 Å². The molecule has 2 fully saturated rings. The minimum atomic E-state index is -2.99. The van der Waals surface area contributed by atoms with Crippen molar-refractivity contribution in [2.45, 2.75) is 31.4 Å². The third kappa shape index (κ3) is 6.40. The Balaban J connectivity index is 0.00000242. The summed E-state index contributed by atoms with van der Waals surface area (Å²) in [5.41, 5.74) is 0. The van der Waals surface area contributed by atoms with Crippen molar-refractivity contribution in [3.05, 3.63) is 0 Å². The highest BCUT2D eigenvalue weighted by molar-refractivity contribution is 14.0. The zero-order chi connectivity index (χ0) is 15.1. The van der Waals surface area contributed by atoms with Gasteiger partial charge in [0.1, 0.15) is 0 Å². The quantitative estimate of drug-likeness (QED) is 0.351. The van der Waals surface area contributed by atoms with Gasteiger partial charge >= 0.3 is 0 Å². The summed E-state index contributed by atoms with van der Waals surface area (Å²) in [4.78, 5) is 4.60. The van der Waals surface area contributed by atoms with Gasteiger partial charge in [-0.2, -0.15) is 11.8 Å². The van der Waals surface area contributed by atoms with Crippen LogP contribution in [0.25, 0.3) is 0 Å². The number of nitrogens with one attached hydrogen (secondary N) is 2. The molecule has 9 heteroatoms. The molecule has 1 unspecified atom stereocenters. The second-order valence-electron chi connectivity index (χ2n) is 5.35. The van der Waals surface area contributed by atoms with Crippen molar-refractivity contribution in [3.8, 4) is 0 Å². The van der Waals surface area contributed by atoms with Crippen molar-refractivity contribution < 1.29 is 8.42 Å². The van der Waals surface area contributed by atoms with Crippen LogP contribution in [0.2, 0.25) is 0 Å². The van der Waals surface area contributed by atoms with Gasteiger partial charge in [-0.3, -0.25) is 4.99 Å². The minimum absolute atomic E-state index is 0. The average molecular weight is 462 g/mol. The van der Waals surface area contributed by atoms with Gasteiger partial charge in [0.05, 0.1) is 12.3 Å². The molecule has 0 aliphatic carbocycles. The second-order valence-corrected chi connectivity index (χ2v) is 8.85. The van der Waals surface area contributed by atoms with Crippen LogP contribution in [-0.4, -0.2) is 68.2 Å². The first-order valence-corrected chi connectivity index (χ1v) is 10.4. The Morgan fingerprint density at radius 2 is 2.18 bits per heavy atom. The number of nitrogens with zero attached hydrogens (tertiary/aromatic N) is 2. The molecule has 130 valence electrons. The molecule has 2 N–H and O–H groups in total. The molecule has 0 aromatic carbocycles. The van der Waals surface area contributed by atoms with E-state index in [1.54, 1.807) is 4.31 Å². The fourth-order valence-corrected chi connectivity index (χ4v) is 5.27. The van der Waals surface area contributed by atoms with Crippen molar-refractivity contribution in [2.75, 3.05) is 44.2 Å². The fourth-order valence-electron chi connectivity index (χ4n) is 2.56. The van der Waals surface area contributed by atoms with Gasteiger partial charge < -0.3 is 10.6 Å². The van der Waals surface area contributed by atoms with Crippen LogP contribution in [0.4, 0.5) is 0 Å². The Morgan fingerprint density at radius 3 is 2.77 bits per heavy atom. The van der Waals surface area contributed by atoms with Crippen LogP contribution < -0.4 is 10.6 Å². The van der Waals surface area contributed by atoms with Gasteiger partial charge in [0.15, 0.2) is 5.96 Å². The van der Waals surface area contributed by atoms with Gasteiger partial charge in [-0.1, -0.05) is 0 Å². The van der Waals surface area contributed by atoms with Crippen LogP contribution in [0.5, 0.6) is 0 Å². The molecular formula is C13H27IN4O2S2. The molecule has 2 heterocycles. The summed E-state index contributed by atoms with van der Waals surface area (Å²) in [5.74, 6) is 2.33. The first kappa shape index (κ1) is 20.3. The van der Waals surface area contributed by atoms with E-state index in [0.29, 0.717) is 30.6 Å². The van der Waals surface area contributed by atoms with Gasteiger partial charge in [0, 0.05) is 31.4 Å². The monoisotopic (exact) mass is 462 g/mol. The number of guanidine groups is 1. The highest BCUT2D eigenvalue weighted by Gasteiger charge is 2.27. The van der Waals surface area contributed by atoms with Crippen LogP contribution in [-0.2, 0) is 10.0 Å². The summed E-state index contributed by atoms with van der Waals surface area (Å²) in [6.07, 6.45) is 3.29. The first-order valence-electron chi connectivity index (χ1n) is 7.73. The number of rotatable bonds is 6. The topological polar surface area (TPSA) is 73.8 Å². The van der Waals surface area contributed by atoms with E-state index in [0.717, 1.165) is 25.5 Å². The Hall–Kier alpha value is 0.260. The lowest BCUT2D eigenvalue weighted by Crippen LogP contribution is -2.42. The summed E-state index contributed by atoms with van der Waals surface area (Å²) in [6.45, 7) is 5.45. The highest BCUT2D eigenvalue weighted by Crippen LogP contribution is 2.25. The van der Waals surface area contributed by atoms with Gasteiger partial charge in [0.2, 0.25) is 10.0 Å². The molecule has 2 aliphatic heterocycles. The molecular weight excluding hydrogens is 435 g/mol. The van der Waals surface area contributed by atoms with Crippen LogP contribution in [0.3, 0.4) is 0 Å². The van der Waals surface area contributed by atoms with Crippen LogP contribution in [0, 0.1) is 0 Å². The normalized spacial score (nSPS) is 25.0. The molecule has 0 spiro atoms. The molecule has 0 bridgehead atoms. The second kappa shape index (κ2) is 10.2. The Bertz CT molecular complexity index is 453. The van der Waals surface area contributed by atoms with Gasteiger partial charge in [-0.05, 0) is 31.9 Å². The summed E-state index contributed by atoms with van der Waals surface area (Å²) < 4.78 is 25.0. The maximum atomic E-state index is 11.7. The SMILES string of the molecule is CCNC(=NCC1CCCS1)NCCN1CCCS1(=O)=O.I. The first-order chi connectivity index (χ1) is 10.1. The van der Waals surface area contributed by atoms with Gasteiger partial charge in [-0.15, -0.1) is 24.0 Å². The summed E-state index contributed by atoms with van der Waals surface area (Å²) >= 11 is 2.00. The molecule has 0 saturated carbocycles. The smallest absolute Gasteiger partial charge is 0.214 e. The average Bonchev–Trinajstić information content (AvgIpc) is 3.06. The molecule has 2 aliphatic rings. The summed E-state index contributed by atoms with van der Waals surface area (Å²) in [5, 5.41) is 7.09. The molecule has 1 atom stereocenters. The van der Waals surface area contributed by atoms with Crippen molar-refractivity contribution in [3.63, 3.8) is 0 Å². The molecule has 2 rings (SSSR count). The lowest BCUT2D eigenvalue weighted by Gasteiger charge is -2.17. The largest absolute Gasteiger partial charge is 0.357 e. The van der Waals surface area contributed by atoms with Gasteiger partial charge in [-0.25, -0.2) is 12.7 Å². The third-order valence-electron chi connectivity index (χ3n) is 3.68. The summed E-state index contributed by atoms with van der Waals surface area (Å²) in [7, 11) is -2.99. The van der Waals surface area contributed by atoms with Crippen LogP contribution in [0.15, 0.2) is 4.99 Å². The lowest BCUT2D eigenvalue weighted by atomic mass is 10.2. The number of aliphatic imine (C=N–C) groups is 1. The van der Waals surface area contributed by atoms with E-state index >= 15 is 0 Å². The predicted octanol–water partition coefficient (Wildman–Crippen LogP) is 1.09. The lowest BCUT2D eigenvalue weighted by molar-refractivity contribution is 0.445. The molecule has 22 heavy (non-hydrogen) atoms. The maximum Gasteiger partial charge on any atom is 0.214 e. The van der Waals surface area contributed by atoms with Gasteiger partial charge in [0.25, 0.3) is 0 Å². The molecule has 6 nitrogen and oxygen atoms in total. The molecule has 0 aromatic heterocycles. The molecule has 0 aromatic rings. The van der Waals surface area contributed by atoms with E-state index in [1.807, 2.05) is 18.7 Å². The van der Waals surface area contributed by atoms with Crippen LogP contribution >= 0.6 is 35.7 Å². The van der Waals surface area contributed by atoms with E-state index in [-0.39, 0.29) is 24.0 Å². The number of hydrogen-bond acceptors (Lipinski definition) is 4. The third-order valence-corrected chi connectivity index (χ3v) is 7.02. The molecule has 0 amide bonds. The van der Waals surface area contributed by atoms with E-state index in [9.17, 15) is 8.42 Å².